The van der Waals surface area contributed by atoms with Crippen molar-refractivity contribution in [1.82, 2.24) is 9.55 Å². The Labute approximate surface area is 129 Å². The van der Waals surface area contributed by atoms with Crippen molar-refractivity contribution in [3.8, 4) is 11.8 Å². The van der Waals surface area contributed by atoms with E-state index in [-0.39, 0.29) is 6.04 Å². The summed E-state index contributed by atoms with van der Waals surface area (Å²) in [4.78, 5) is 4.15. The summed E-state index contributed by atoms with van der Waals surface area (Å²) in [7, 11) is 1.66. The van der Waals surface area contributed by atoms with E-state index < -0.39 is 0 Å². The lowest BCUT2D eigenvalue weighted by atomic mass is 9.97. The minimum atomic E-state index is 0.0150. The zero-order chi connectivity index (χ0) is 15.4. The van der Waals surface area contributed by atoms with Crippen LogP contribution in [0.15, 0.2) is 67.3 Å². The standard InChI is InChI=1S/C18H15N3O/c1-22-17-8-6-16(7-9-17)18(21-11-10-20-13-21)15-4-2-14(12-19)3-5-15/h2-11,13,18H,1H3. The van der Waals surface area contributed by atoms with Gasteiger partial charge in [-0.15, -0.1) is 0 Å². The SMILES string of the molecule is COc1ccc(C(c2ccc(C#N)cc2)n2ccnc2)cc1. The van der Waals surface area contributed by atoms with Crippen LogP contribution in [0.3, 0.4) is 0 Å². The Hall–Kier alpha value is -3.06. The minimum Gasteiger partial charge on any atom is -0.497 e. The second kappa shape index (κ2) is 6.15. The molecule has 0 radical (unpaired) electrons. The van der Waals surface area contributed by atoms with Crippen molar-refractivity contribution in [2.45, 2.75) is 6.04 Å². The molecule has 3 rings (SSSR count). The number of nitrogens with zero attached hydrogens (tertiary/aromatic N) is 3. The first kappa shape index (κ1) is 13.9. The number of methoxy groups -OCH3 is 1. The molecule has 108 valence electrons. The highest BCUT2D eigenvalue weighted by Gasteiger charge is 2.16. The van der Waals surface area contributed by atoms with Gasteiger partial charge in [-0.05, 0) is 35.4 Å². The highest BCUT2D eigenvalue weighted by Crippen LogP contribution is 2.28. The van der Waals surface area contributed by atoms with Crippen LogP contribution in [0.25, 0.3) is 0 Å². The molecule has 0 fully saturated rings. The van der Waals surface area contributed by atoms with Gasteiger partial charge in [0, 0.05) is 12.4 Å². The molecule has 1 heterocycles. The lowest BCUT2D eigenvalue weighted by Gasteiger charge is -2.20. The third-order valence-electron chi connectivity index (χ3n) is 3.61. The largest absolute Gasteiger partial charge is 0.497 e. The van der Waals surface area contributed by atoms with Crippen LogP contribution in [0.1, 0.15) is 22.7 Å². The molecule has 0 aliphatic rings. The van der Waals surface area contributed by atoms with Crippen molar-refractivity contribution in [1.29, 1.82) is 5.26 Å². The van der Waals surface area contributed by atoms with E-state index in [1.807, 2.05) is 59.3 Å². The van der Waals surface area contributed by atoms with Crippen molar-refractivity contribution in [2.75, 3.05) is 7.11 Å². The van der Waals surface area contributed by atoms with Crippen LogP contribution in [0, 0.1) is 11.3 Å². The van der Waals surface area contributed by atoms with Crippen molar-refractivity contribution in [3.05, 3.63) is 83.9 Å². The Kier molecular flexibility index (Phi) is 3.88. The van der Waals surface area contributed by atoms with Crippen LogP contribution in [0.2, 0.25) is 0 Å². The van der Waals surface area contributed by atoms with Gasteiger partial charge in [0.15, 0.2) is 0 Å². The van der Waals surface area contributed by atoms with E-state index in [1.54, 1.807) is 19.6 Å². The highest BCUT2D eigenvalue weighted by atomic mass is 16.5. The maximum absolute atomic E-state index is 8.95. The Morgan fingerprint density at radius 3 is 2.18 bits per heavy atom. The predicted octanol–water partition coefficient (Wildman–Crippen LogP) is 3.40. The average Bonchev–Trinajstić information content (AvgIpc) is 3.10. The third kappa shape index (κ3) is 2.70. The maximum Gasteiger partial charge on any atom is 0.118 e. The number of rotatable bonds is 4. The first-order chi connectivity index (χ1) is 10.8. The molecule has 1 unspecified atom stereocenters. The first-order valence-electron chi connectivity index (χ1n) is 6.93. The van der Waals surface area contributed by atoms with Gasteiger partial charge in [0.1, 0.15) is 5.75 Å². The normalized spacial score (nSPS) is 11.6. The monoisotopic (exact) mass is 289 g/mol. The number of nitriles is 1. The summed E-state index contributed by atoms with van der Waals surface area (Å²) in [6.45, 7) is 0. The van der Waals surface area contributed by atoms with Crippen molar-refractivity contribution in [3.63, 3.8) is 0 Å². The fourth-order valence-corrected chi connectivity index (χ4v) is 2.49. The highest BCUT2D eigenvalue weighted by molar-refractivity contribution is 5.39. The molecule has 0 spiro atoms. The van der Waals surface area contributed by atoms with Gasteiger partial charge in [-0.2, -0.15) is 5.26 Å². The summed E-state index contributed by atoms with van der Waals surface area (Å²) < 4.78 is 7.27. The topological polar surface area (TPSA) is 50.8 Å². The van der Waals surface area contributed by atoms with E-state index in [1.165, 1.54) is 0 Å². The first-order valence-corrected chi connectivity index (χ1v) is 6.93. The second-order valence-electron chi connectivity index (χ2n) is 4.92. The molecular formula is C18H15N3O. The van der Waals surface area contributed by atoms with Gasteiger partial charge in [-0.25, -0.2) is 4.98 Å². The molecule has 4 nitrogen and oxygen atoms in total. The van der Waals surface area contributed by atoms with Crippen LogP contribution in [0.4, 0.5) is 0 Å². The van der Waals surface area contributed by atoms with Crippen LogP contribution >= 0.6 is 0 Å². The van der Waals surface area contributed by atoms with Crippen LogP contribution in [0.5, 0.6) is 5.75 Å². The average molecular weight is 289 g/mol. The zero-order valence-corrected chi connectivity index (χ0v) is 12.2. The maximum atomic E-state index is 8.95. The predicted molar refractivity (Wildman–Crippen MR) is 83.6 cm³/mol. The van der Waals surface area contributed by atoms with Gasteiger partial charge in [-0.1, -0.05) is 24.3 Å². The Balaban J connectivity index is 2.05. The molecule has 2 aromatic carbocycles. The van der Waals surface area contributed by atoms with E-state index >= 15 is 0 Å². The molecule has 22 heavy (non-hydrogen) atoms. The van der Waals surface area contributed by atoms with Gasteiger partial charge < -0.3 is 9.30 Å². The number of aromatic nitrogens is 2. The number of ether oxygens (including phenoxy) is 1. The van der Waals surface area contributed by atoms with Crippen LogP contribution in [-0.2, 0) is 0 Å². The smallest absolute Gasteiger partial charge is 0.118 e. The van der Waals surface area contributed by atoms with Gasteiger partial charge in [-0.3, -0.25) is 0 Å². The molecule has 0 aliphatic heterocycles. The Bertz CT molecular complexity index is 769. The molecule has 1 atom stereocenters. The van der Waals surface area contributed by atoms with Crippen molar-refractivity contribution < 1.29 is 4.74 Å². The van der Waals surface area contributed by atoms with Gasteiger partial charge >= 0.3 is 0 Å². The molecular weight excluding hydrogens is 274 g/mol. The lowest BCUT2D eigenvalue weighted by Crippen LogP contribution is -2.10. The summed E-state index contributed by atoms with van der Waals surface area (Å²) in [6, 6.07) is 17.8. The van der Waals surface area contributed by atoms with Gasteiger partial charge in [0.05, 0.1) is 31.1 Å². The Morgan fingerprint density at radius 2 is 1.68 bits per heavy atom. The number of benzene rings is 2. The quantitative estimate of drug-likeness (QED) is 0.739. The zero-order valence-electron chi connectivity index (χ0n) is 12.2. The van der Waals surface area contributed by atoms with E-state index in [0.29, 0.717) is 5.56 Å². The second-order valence-corrected chi connectivity index (χ2v) is 4.92. The summed E-state index contributed by atoms with van der Waals surface area (Å²) in [5.41, 5.74) is 2.88. The summed E-state index contributed by atoms with van der Waals surface area (Å²) >= 11 is 0. The molecule has 0 aliphatic carbocycles. The summed E-state index contributed by atoms with van der Waals surface area (Å²) in [5, 5.41) is 8.95. The van der Waals surface area contributed by atoms with Crippen molar-refractivity contribution in [2.24, 2.45) is 0 Å². The van der Waals surface area contributed by atoms with E-state index in [4.69, 9.17) is 10.00 Å². The molecule has 0 saturated carbocycles. The molecule has 0 N–H and O–H groups in total. The van der Waals surface area contributed by atoms with E-state index in [0.717, 1.165) is 16.9 Å². The number of imidazole rings is 1. The molecule has 4 heteroatoms. The molecule has 0 bridgehead atoms. The van der Waals surface area contributed by atoms with Crippen LogP contribution in [-0.4, -0.2) is 16.7 Å². The van der Waals surface area contributed by atoms with Gasteiger partial charge in [0.2, 0.25) is 0 Å². The van der Waals surface area contributed by atoms with Gasteiger partial charge in [0.25, 0.3) is 0 Å². The number of hydrogen-bond acceptors (Lipinski definition) is 3. The minimum absolute atomic E-state index is 0.0150. The summed E-state index contributed by atoms with van der Waals surface area (Å²) in [5.74, 6) is 0.827. The molecule has 0 amide bonds. The third-order valence-corrected chi connectivity index (χ3v) is 3.61. The van der Waals surface area contributed by atoms with E-state index in [2.05, 4.69) is 11.1 Å². The fraction of sp³-hybridized carbons (Fsp3) is 0.111. The Morgan fingerprint density at radius 1 is 1.05 bits per heavy atom. The molecule has 0 saturated heterocycles. The summed E-state index contributed by atoms with van der Waals surface area (Å²) in [6.07, 6.45) is 5.50. The number of hydrogen-bond donors (Lipinski definition) is 0. The molecule has 3 aromatic rings. The van der Waals surface area contributed by atoms with E-state index in [9.17, 15) is 0 Å². The van der Waals surface area contributed by atoms with Crippen molar-refractivity contribution >= 4 is 0 Å². The molecule has 1 aromatic heterocycles. The lowest BCUT2D eigenvalue weighted by molar-refractivity contribution is 0.414. The fourth-order valence-electron chi connectivity index (χ4n) is 2.49. The van der Waals surface area contributed by atoms with Crippen LogP contribution < -0.4 is 4.74 Å².